The molecule has 0 saturated carbocycles. The second kappa shape index (κ2) is 25.7. The van der Waals surface area contributed by atoms with Gasteiger partial charge in [-0.15, -0.1) is 0 Å². The molecule has 0 aliphatic heterocycles. The van der Waals surface area contributed by atoms with E-state index in [0.29, 0.717) is 24.3 Å². The van der Waals surface area contributed by atoms with Gasteiger partial charge in [-0.3, -0.25) is 0 Å². The Morgan fingerprint density at radius 3 is 1.48 bits per heavy atom. The fourth-order valence-electron chi connectivity index (χ4n) is 5.37. The number of carbonyl (C=O) groups is 2. The van der Waals surface area contributed by atoms with E-state index in [1.165, 1.54) is 5.56 Å². The smallest absolute Gasteiger partial charge is 0.338 e. The largest absolute Gasteiger partial charge is 0.454 e. The molecule has 11 heteroatoms. The molecular weight excluding hydrogens is 737 g/mol. The minimum Gasteiger partial charge on any atom is -0.454 e. The van der Waals surface area contributed by atoms with Gasteiger partial charge in [0, 0.05) is 24.3 Å². The van der Waals surface area contributed by atoms with Crippen molar-refractivity contribution in [1.82, 2.24) is 0 Å². The summed E-state index contributed by atoms with van der Waals surface area (Å²) in [6.45, 7) is 10.2. The van der Waals surface area contributed by atoms with Gasteiger partial charge in [0.2, 0.25) is 0 Å². The number of nitrogens with zero attached hydrogens (tertiary/aromatic N) is 2. The molecule has 11 nitrogen and oxygen atoms in total. The molecule has 0 fully saturated rings. The van der Waals surface area contributed by atoms with Crippen molar-refractivity contribution in [2.24, 2.45) is 10.2 Å². The van der Waals surface area contributed by atoms with Gasteiger partial charge in [0.15, 0.2) is 12.6 Å². The van der Waals surface area contributed by atoms with E-state index in [2.05, 4.69) is 41.1 Å². The van der Waals surface area contributed by atoms with Crippen LogP contribution in [0.4, 0.5) is 0 Å². The number of ether oxygens (including phenoxy) is 7. The molecule has 58 heavy (non-hydrogen) atoms. The maximum atomic E-state index is 13.3. The number of hydrogen-bond donors (Lipinski definition) is 0. The van der Waals surface area contributed by atoms with Crippen LogP contribution in [0.1, 0.15) is 89.6 Å². The lowest BCUT2D eigenvalue weighted by Gasteiger charge is -2.23. The van der Waals surface area contributed by atoms with Gasteiger partial charge in [-0.2, -0.15) is 10.2 Å². The van der Waals surface area contributed by atoms with Crippen molar-refractivity contribution in [1.29, 1.82) is 0 Å². The van der Waals surface area contributed by atoms with Crippen LogP contribution in [0.3, 0.4) is 0 Å². The highest BCUT2D eigenvalue weighted by Crippen LogP contribution is 2.12. The maximum absolute atomic E-state index is 13.3. The molecule has 0 radical (unpaired) electrons. The molecule has 4 aromatic carbocycles. The van der Waals surface area contributed by atoms with Crippen molar-refractivity contribution in [3.05, 3.63) is 142 Å². The van der Waals surface area contributed by atoms with Crippen molar-refractivity contribution < 1.29 is 42.7 Å². The Morgan fingerprint density at radius 2 is 1.02 bits per heavy atom. The fraction of sp³-hybridized carbons (Fsp3) is 0.362. The molecule has 0 heterocycles. The monoisotopic (exact) mass is 790 g/mol. The first-order valence-corrected chi connectivity index (χ1v) is 19.6. The lowest BCUT2D eigenvalue weighted by atomic mass is 10.1. The number of esters is 2. The van der Waals surface area contributed by atoms with Gasteiger partial charge in [0.25, 0.3) is 0 Å². The summed E-state index contributed by atoms with van der Waals surface area (Å²) in [6, 6.07) is 31.5. The van der Waals surface area contributed by atoms with E-state index in [4.69, 9.17) is 33.2 Å². The van der Waals surface area contributed by atoms with Crippen LogP contribution in [-0.4, -0.2) is 88.8 Å². The Morgan fingerprint density at radius 1 is 0.569 bits per heavy atom. The standard InChI is InChI=1S/C47H54N2O9/c1-6-12-37-17-19-40(20-18-37)29-48-49-30-41-23-27-43(28-24-41)47(51)58-45(34-56-36(5)54-8-3)32-52-31-44(33-55-35(4)53-7-2)57-46(50)42-25-21-39(22-26-42)16-15-38-13-10-9-11-14-38/h9-11,13-14,17-30,35-36,44-45H,6-8,12,31-34H2,1-5H3/b48-29+,49-30+. The van der Waals surface area contributed by atoms with E-state index in [0.717, 1.165) is 35.1 Å². The molecule has 0 aromatic heterocycles. The highest BCUT2D eigenvalue weighted by molar-refractivity contribution is 5.91. The zero-order chi connectivity index (χ0) is 41.4. The van der Waals surface area contributed by atoms with Crippen LogP contribution in [0.25, 0.3) is 0 Å². The fourth-order valence-corrected chi connectivity index (χ4v) is 5.37. The lowest BCUT2D eigenvalue weighted by Crippen LogP contribution is -2.35. The molecule has 4 unspecified atom stereocenters. The first-order valence-electron chi connectivity index (χ1n) is 19.6. The molecule has 0 spiro atoms. The summed E-state index contributed by atoms with van der Waals surface area (Å²) >= 11 is 0. The van der Waals surface area contributed by atoms with Crippen molar-refractivity contribution in [3.63, 3.8) is 0 Å². The number of benzene rings is 4. The van der Waals surface area contributed by atoms with E-state index in [1.807, 2.05) is 56.3 Å². The normalized spacial score (nSPS) is 13.4. The van der Waals surface area contributed by atoms with Gasteiger partial charge >= 0.3 is 11.9 Å². The van der Waals surface area contributed by atoms with Gasteiger partial charge in [-0.25, -0.2) is 9.59 Å². The Balaban J connectivity index is 1.35. The van der Waals surface area contributed by atoms with Gasteiger partial charge in [-0.1, -0.05) is 79.8 Å². The summed E-state index contributed by atoms with van der Waals surface area (Å²) in [4.78, 5) is 26.5. The molecule has 0 saturated heterocycles. The highest BCUT2D eigenvalue weighted by Gasteiger charge is 2.22. The van der Waals surface area contributed by atoms with Crippen LogP contribution >= 0.6 is 0 Å². The van der Waals surface area contributed by atoms with Gasteiger partial charge in [0.05, 0.1) is 50.0 Å². The molecule has 306 valence electrons. The van der Waals surface area contributed by atoms with Gasteiger partial charge in [-0.05, 0) is 99.3 Å². The number of rotatable bonds is 23. The first kappa shape index (κ1) is 45.2. The van der Waals surface area contributed by atoms with Crippen LogP contribution in [0.5, 0.6) is 0 Å². The van der Waals surface area contributed by atoms with Crippen molar-refractivity contribution >= 4 is 24.4 Å². The quantitative estimate of drug-likeness (QED) is 0.0241. The third-order valence-corrected chi connectivity index (χ3v) is 8.38. The van der Waals surface area contributed by atoms with Crippen LogP contribution in [0.2, 0.25) is 0 Å². The Kier molecular flexibility index (Phi) is 20.0. The van der Waals surface area contributed by atoms with E-state index < -0.39 is 36.7 Å². The minimum atomic E-state index is -0.814. The summed E-state index contributed by atoms with van der Waals surface area (Å²) in [5.74, 6) is 5.08. The van der Waals surface area contributed by atoms with Gasteiger partial charge in [0.1, 0.15) is 12.2 Å². The Hall–Kier alpha value is -5.48. The SMILES string of the molecule is CCCc1ccc(/C=N/N=C/c2ccc(C(=O)OC(COCC(COC(C)OCC)OC(=O)c3ccc(C#Cc4ccccc4)cc3)COC(C)OCC)cc2)cc1. The second-order valence-corrected chi connectivity index (χ2v) is 13.1. The van der Waals surface area contributed by atoms with Crippen LogP contribution in [0, 0.1) is 11.8 Å². The topological polar surface area (TPSA) is 123 Å². The molecular formula is C47H54N2O9. The Bertz CT molecular complexity index is 1920. The van der Waals surface area contributed by atoms with Crippen molar-refractivity contribution in [3.8, 4) is 11.8 Å². The molecule has 4 aromatic rings. The summed E-state index contributed by atoms with van der Waals surface area (Å²) in [7, 11) is 0. The lowest BCUT2D eigenvalue weighted by molar-refractivity contribution is -0.160. The first-order chi connectivity index (χ1) is 28.3. The van der Waals surface area contributed by atoms with Crippen LogP contribution in [-0.2, 0) is 39.6 Å². The Labute approximate surface area is 342 Å². The summed E-state index contributed by atoms with van der Waals surface area (Å²) in [5.41, 5.74) is 5.33. The number of hydrogen-bond acceptors (Lipinski definition) is 11. The average molecular weight is 791 g/mol. The van der Waals surface area contributed by atoms with E-state index in [9.17, 15) is 9.59 Å². The molecule has 0 aliphatic carbocycles. The third-order valence-electron chi connectivity index (χ3n) is 8.38. The molecule has 0 amide bonds. The average Bonchev–Trinajstić information content (AvgIpc) is 3.24. The summed E-state index contributed by atoms with van der Waals surface area (Å²) in [5, 5.41) is 8.28. The number of carbonyl (C=O) groups excluding carboxylic acids is 2. The third kappa shape index (κ3) is 16.9. The second-order valence-electron chi connectivity index (χ2n) is 13.1. The highest BCUT2D eigenvalue weighted by atomic mass is 16.7. The van der Waals surface area contributed by atoms with Crippen LogP contribution in [0.15, 0.2) is 113 Å². The molecule has 0 N–H and O–H groups in total. The molecule has 4 rings (SSSR count). The molecule has 4 atom stereocenters. The van der Waals surface area contributed by atoms with E-state index >= 15 is 0 Å². The van der Waals surface area contributed by atoms with Crippen molar-refractivity contribution in [2.45, 2.75) is 72.2 Å². The maximum Gasteiger partial charge on any atom is 0.338 e. The van der Waals surface area contributed by atoms with E-state index in [-0.39, 0.29) is 26.4 Å². The zero-order valence-electron chi connectivity index (χ0n) is 34.0. The minimum absolute atomic E-state index is 0.00117. The molecule has 0 aliphatic rings. The predicted octanol–water partition coefficient (Wildman–Crippen LogP) is 8.06. The summed E-state index contributed by atoms with van der Waals surface area (Å²) in [6.07, 6.45) is 2.75. The predicted molar refractivity (Wildman–Crippen MR) is 224 cm³/mol. The summed E-state index contributed by atoms with van der Waals surface area (Å²) < 4.78 is 40.2. The molecule has 0 bridgehead atoms. The number of aryl methyl sites for hydroxylation is 1. The van der Waals surface area contributed by atoms with E-state index in [1.54, 1.807) is 74.8 Å². The van der Waals surface area contributed by atoms with Crippen molar-refractivity contribution in [2.75, 3.05) is 39.6 Å². The van der Waals surface area contributed by atoms with Gasteiger partial charge < -0.3 is 33.2 Å². The van der Waals surface area contributed by atoms with Crippen LogP contribution < -0.4 is 0 Å². The zero-order valence-corrected chi connectivity index (χ0v) is 34.0.